The highest BCUT2D eigenvalue weighted by Gasteiger charge is 2.45. The zero-order chi connectivity index (χ0) is 20.9. The lowest BCUT2D eigenvalue weighted by molar-refractivity contribution is -0.254. The van der Waals surface area contributed by atoms with Crippen molar-refractivity contribution in [3.63, 3.8) is 0 Å². The largest absolute Gasteiger partial charge is 0.506 e. The van der Waals surface area contributed by atoms with Crippen molar-refractivity contribution in [2.75, 3.05) is 6.61 Å². The van der Waals surface area contributed by atoms with E-state index in [1.54, 1.807) is 0 Å². The summed E-state index contributed by atoms with van der Waals surface area (Å²) >= 11 is 0. The first-order chi connectivity index (χ1) is 12.5. The molecule has 0 fully saturated rings. The molecule has 0 saturated heterocycles. The summed E-state index contributed by atoms with van der Waals surface area (Å²) in [6.07, 6.45) is -11.8. The van der Waals surface area contributed by atoms with Crippen LogP contribution in [-0.2, 0) is 23.9 Å². The number of hydrogen-bond donors (Lipinski definition) is 8. The van der Waals surface area contributed by atoms with Gasteiger partial charge in [0.25, 0.3) is 0 Å². The van der Waals surface area contributed by atoms with E-state index < -0.39 is 72.9 Å². The smallest absolute Gasteiger partial charge is 0.375 e. The van der Waals surface area contributed by atoms with Gasteiger partial charge >= 0.3 is 5.97 Å². The Hall–Kier alpha value is -2.29. The first-order valence-electron chi connectivity index (χ1n) is 7.59. The average molecular weight is 395 g/mol. The summed E-state index contributed by atoms with van der Waals surface area (Å²) in [4.78, 5) is 33.5. The number of aldehydes is 1. The van der Waals surface area contributed by atoms with Crippen LogP contribution in [0.1, 0.15) is 6.92 Å². The number of carboxylic acids is 1. The van der Waals surface area contributed by atoms with Gasteiger partial charge in [-0.05, 0) is 0 Å². The number of amides is 1. The van der Waals surface area contributed by atoms with Crippen molar-refractivity contribution in [2.24, 2.45) is 0 Å². The maximum absolute atomic E-state index is 11.3. The van der Waals surface area contributed by atoms with Gasteiger partial charge in [-0.2, -0.15) is 0 Å². The lowest BCUT2D eigenvalue weighted by Crippen LogP contribution is -2.58. The Kier molecular flexibility index (Phi) is 8.08. The molecule has 1 aliphatic heterocycles. The quantitative estimate of drug-likeness (QED) is 0.174. The molecule has 27 heavy (non-hydrogen) atoms. The lowest BCUT2D eigenvalue weighted by atomic mass is 10.0. The van der Waals surface area contributed by atoms with Crippen molar-refractivity contribution in [2.45, 2.75) is 49.8 Å². The van der Waals surface area contributed by atoms with Gasteiger partial charge in [-0.25, -0.2) is 4.79 Å². The second-order valence-electron chi connectivity index (χ2n) is 5.64. The lowest BCUT2D eigenvalue weighted by Gasteiger charge is -2.37. The molecule has 0 spiro atoms. The number of ether oxygens (including phenoxy) is 2. The van der Waals surface area contributed by atoms with Crippen LogP contribution in [0.5, 0.6) is 0 Å². The van der Waals surface area contributed by atoms with Gasteiger partial charge in [-0.15, -0.1) is 0 Å². The maximum atomic E-state index is 11.3. The standard InChI is InChI=1S/C14H21NO12/c1-4(18)15-5(2-16)11(7(20)6(19)3-17)26-14-10(23)8(21)9(22)12(27-14)13(24)25/h2,5-8,10-11,14,17,19-23H,3H2,1H3,(H,15,18)(H,24,25)/t5-,6+,7+,8-,10+,11+,14+/m0/s1. The van der Waals surface area contributed by atoms with E-state index in [-0.39, 0.29) is 6.29 Å². The fourth-order valence-corrected chi connectivity index (χ4v) is 2.25. The summed E-state index contributed by atoms with van der Waals surface area (Å²) in [5.74, 6) is -4.89. The van der Waals surface area contributed by atoms with Crippen LogP contribution in [-0.4, -0.2) is 103 Å². The van der Waals surface area contributed by atoms with E-state index in [4.69, 9.17) is 19.7 Å². The van der Waals surface area contributed by atoms with Crippen LogP contribution < -0.4 is 5.32 Å². The van der Waals surface area contributed by atoms with Crippen LogP contribution in [0.15, 0.2) is 11.5 Å². The van der Waals surface area contributed by atoms with E-state index in [2.05, 4.69) is 5.32 Å². The molecule has 1 heterocycles. The Morgan fingerprint density at radius 1 is 1.33 bits per heavy atom. The van der Waals surface area contributed by atoms with Gasteiger partial charge in [0.15, 0.2) is 5.76 Å². The number of rotatable bonds is 9. The number of aliphatic hydroxyl groups excluding tert-OH is 6. The molecule has 0 aromatic rings. The molecule has 13 heteroatoms. The summed E-state index contributed by atoms with van der Waals surface area (Å²) < 4.78 is 9.88. The summed E-state index contributed by atoms with van der Waals surface area (Å²) in [6.45, 7) is 0.0614. The molecule has 1 rings (SSSR count). The zero-order valence-corrected chi connectivity index (χ0v) is 14.0. The minimum atomic E-state index is -2.13. The van der Waals surface area contributed by atoms with Gasteiger partial charge < -0.3 is 55.3 Å². The Morgan fingerprint density at radius 2 is 1.93 bits per heavy atom. The summed E-state index contributed by atoms with van der Waals surface area (Å²) in [5, 5.41) is 68.8. The molecule has 1 amide bonds. The molecular formula is C14H21NO12. The monoisotopic (exact) mass is 395 g/mol. The SMILES string of the molecule is CC(=O)N[C@@H](C=O)[C@@H](O[C@@H]1OC(C(=O)O)=C(O)[C@H](O)[C@H]1O)[C@H](O)[C@H](O)CO. The number of carbonyl (C=O) groups excluding carboxylic acids is 2. The highest BCUT2D eigenvalue weighted by atomic mass is 16.7. The fraction of sp³-hybridized carbons (Fsp3) is 0.643. The predicted molar refractivity (Wildman–Crippen MR) is 81.8 cm³/mol. The molecule has 0 unspecified atom stereocenters. The van der Waals surface area contributed by atoms with Crippen molar-refractivity contribution in [1.82, 2.24) is 5.32 Å². The third kappa shape index (κ3) is 5.35. The van der Waals surface area contributed by atoms with Crippen LogP contribution >= 0.6 is 0 Å². The Balaban J connectivity index is 3.18. The molecule has 154 valence electrons. The molecule has 0 radical (unpaired) electrons. The molecule has 7 atom stereocenters. The number of nitrogens with one attached hydrogen (secondary N) is 1. The van der Waals surface area contributed by atoms with Crippen molar-refractivity contribution in [3.05, 3.63) is 11.5 Å². The third-order valence-electron chi connectivity index (χ3n) is 3.62. The first kappa shape index (κ1) is 22.8. The van der Waals surface area contributed by atoms with Gasteiger partial charge in [0.05, 0.1) is 6.61 Å². The summed E-state index contributed by atoms with van der Waals surface area (Å²) in [5.41, 5.74) is 0. The molecule has 0 aromatic heterocycles. The van der Waals surface area contributed by atoms with Gasteiger partial charge in [0, 0.05) is 6.92 Å². The molecule has 0 aliphatic carbocycles. The van der Waals surface area contributed by atoms with Crippen LogP contribution in [0.25, 0.3) is 0 Å². The first-order valence-corrected chi connectivity index (χ1v) is 7.59. The van der Waals surface area contributed by atoms with Crippen molar-refractivity contribution in [3.8, 4) is 0 Å². The molecular weight excluding hydrogens is 374 g/mol. The number of aliphatic hydroxyl groups is 6. The van der Waals surface area contributed by atoms with E-state index >= 15 is 0 Å². The molecule has 0 saturated carbocycles. The number of aliphatic carboxylic acids is 1. The van der Waals surface area contributed by atoms with Crippen LogP contribution in [0.2, 0.25) is 0 Å². The minimum Gasteiger partial charge on any atom is -0.506 e. The zero-order valence-electron chi connectivity index (χ0n) is 14.0. The summed E-state index contributed by atoms with van der Waals surface area (Å²) in [6, 6.07) is -1.61. The fourth-order valence-electron chi connectivity index (χ4n) is 2.25. The third-order valence-corrected chi connectivity index (χ3v) is 3.62. The van der Waals surface area contributed by atoms with Crippen LogP contribution in [0, 0.1) is 0 Å². The number of carboxylic acid groups (broad SMARTS) is 1. The summed E-state index contributed by atoms with van der Waals surface area (Å²) in [7, 11) is 0. The Labute approximate surface area is 152 Å². The average Bonchev–Trinajstić information content (AvgIpc) is 2.62. The highest BCUT2D eigenvalue weighted by molar-refractivity contribution is 5.85. The van der Waals surface area contributed by atoms with E-state index in [0.717, 1.165) is 6.92 Å². The second kappa shape index (κ2) is 9.59. The molecule has 1 aliphatic rings. The molecule has 13 nitrogen and oxygen atoms in total. The Bertz CT molecular complexity index is 593. The molecule has 0 bridgehead atoms. The van der Waals surface area contributed by atoms with Gasteiger partial charge in [0.2, 0.25) is 18.0 Å². The number of carbonyl (C=O) groups is 3. The van der Waals surface area contributed by atoms with Gasteiger partial charge in [-0.3, -0.25) is 4.79 Å². The van der Waals surface area contributed by atoms with Crippen LogP contribution in [0.4, 0.5) is 0 Å². The van der Waals surface area contributed by atoms with Crippen molar-refractivity contribution in [1.29, 1.82) is 0 Å². The normalized spacial score (nSPS) is 27.1. The number of hydrogen-bond acceptors (Lipinski definition) is 11. The second-order valence-corrected chi connectivity index (χ2v) is 5.64. The molecule has 0 aromatic carbocycles. The Morgan fingerprint density at radius 3 is 2.37 bits per heavy atom. The van der Waals surface area contributed by atoms with Crippen molar-refractivity contribution >= 4 is 18.2 Å². The van der Waals surface area contributed by atoms with E-state index in [1.807, 2.05) is 0 Å². The van der Waals surface area contributed by atoms with E-state index in [0.29, 0.717) is 0 Å². The van der Waals surface area contributed by atoms with E-state index in [1.165, 1.54) is 0 Å². The van der Waals surface area contributed by atoms with E-state index in [9.17, 15) is 39.9 Å². The highest BCUT2D eigenvalue weighted by Crippen LogP contribution is 2.26. The van der Waals surface area contributed by atoms with Crippen molar-refractivity contribution < 1.29 is 59.6 Å². The minimum absolute atomic E-state index is 0.121. The molecule has 8 N–H and O–H groups in total. The van der Waals surface area contributed by atoms with Gasteiger partial charge in [0.1, 0.15) is 42.8 Å². The van der Waals surface area contributed by atoms with Crippen LogP contribution in [0.3, 0.4) is 0 Å². The predicted octanol–water partition coefficient (Wildman–Crippen LogP) is -4.28. The topological polar surface area (TPSA) is 223 Å². The van der Waals surface area contributed by atoms with Gasteiger partial charge in [-0.1, -0.05) is 0 Å². The maximum Gasteiger partial charge on any atom is 0.375 e.